The van der Waals surface area contributed by atoms with Crippen molar-refractivity contribution in [2.45, 2.75) is 19.6 Å². The number of aliphatic hydroxyl groups excluding tert-OH is 1. The summed E-state index contributed by atoms with van der Waals surface area (Å²) in [5.41, 5.74) is 0. The van der Waals surface area contributed by atoms with Gasteiger partial charge in [-0.15, -0.1) is 0 Å². The predicted molar refractivity (Wildman–Crippen MR) is 28.7 cm³/mol. The van der Waals surface area contributed by atoms with Crippen LogP contribution in [0.5, 0.6) is 0 Å². The molecule has 2 N–H and O–H groups in total. The molecule has 0 aliphatic carbocycles. The molecule has 0 spiro atoms. The van der Waals surface area contributed by atoms with Crippen LogP contribution in [0, 0.1) is 0 Å². The van der Waals surface area contributed by atoms with Gasteiger partial charge in [0, 0.05) is 0 Å². The lowest BCUT2D eigenvalue weighted by molar-refractivity contribution is -0.0413. The van der Waals surface area contributed by atoms with Gasteiger partial charge in [0.1, 0.15) is 0 Å². The van der Waals surface area contributed by atoms with Crippen LogP contribution in [0.1, 0.15) is 13.3 Å². The smallest absolute Gasteiger partial charge is 0.418 e. The first-order chi connectivity index (χ1) is 4.27. The summed E-state index contributed by atoms with van der Waals surface area (Å²) >= 11 is 0. The molecule has 0 aliphatic rings. The molecule has 0 heterocycles. The van der Waals surface area contributed by atoms with Gasteiger partial charge in [0.2, 0.25) is 0 Å². The van der Waals surface area contributed by atoms with Crippen molar-refractivity contribution < 1.29 is 27.5 Å². The van der Waals surface area contributed by atoms with Crippen molar-refractivity contribution in [1.29, 1.82) is 0 Å². The van der Waals surface area contributed by atoms with Crippen LogP contribution >= 0.6 is 0 Å². The van der Waals surface area contributed by atoms with E-state index < -0.39 is 13.5 Å². The first-order valence-electron chi connectivity index (χ1n) is 2.50. The van der Waals surface area contributed by atoms with E-state index in [1.807, 2.05) is 0 Å². The summed E-state index contributed by atoms with van der Waals surface area (Å²) in [4.78, 5) is 0. The van der Waals surface area contributed by atoms with E-state index in [4.69, 9.17) is 10.2 Å². The third-order valence-electron chi connectivity index (χ3n) is 0.365. The molecule has 0 amide bonds. The fourth-order valence-corrected chi connectivity index (χ4v) is 0. The van der Waals surface area contributed by atoms with Gasteiger partial charge in [-0.05, 0) is 6.42 Å². The van der Waals surface area contributed by atoms with E-state index >= 15 is 0 Å². The van der Waals surface area contributed by atoms with Gasteiger partial charge in [0.05, 0.1) is 0 Å². The highest BCUT2D eigenvalue weighted by atomic mass is 19.5. The lowest BCUT2D eigenvalue weighted by atomic mass is 10.3. The first kappa shape index (κ1) is 12.4. The Labute approximate surface area is 55.6 Å². The second-order valence-corrected chi connectivity index (χ2v) is 1.38. The highest BCUT2D eigenvalue weighted by molar-refractivity contribution is 6.50. The molecule has 64 valence electrons. The van der Waals surface area contributed by atoms with Crippen LogP contribution in [0.2, 0.25) is 0 Å². The van der Waals surface area contributed by atoms with Crippen molar-refractivity contribution in [2.24, 2.45) is 0 Å². The standard InChI is InChI=1S/C3H8O2.BF4/c1-2-3(4)5;2-1(3,4)5/h3-5H,2H2,1H3;/q;-1. The molecule has 0 aromatic carbocycles. The lowest BCUT2D eigenvalue weighted by Crippen LogP contribution is -2.02. The molecule has 0 saturated heterocycles. The van der Waals surface area contributed by atoms with Crippen molar-refractivity contribution >= 4 is 7.25 Å². The van der Waals surface area contributed by atoms with Gasteiger partial charge in [0.25, 0.3) is 0 Å². The second kappa shape index (κ2) is 5.49. The van der Waals surface area contributed by atoms with Crippen molar-refractivity contribution in [3.63, 3.8) is 0 Å². The fourth-order valence-electron chi connectivity index (χ4n) is 0. The Balaban J connectivity index is 0. The molecular weight excluding hydrogens is 155 g/mol. The Bertz CT molecular complexity index is 67.4. The van der Waals surface area contributed by atoms with Gasteiger partial charge in [-0.1, -0.05) is 6.92 Å². The Morgan fingerprint density at radius 3 is 1.30 bits per heavy atom. The van der Waals surface area contributed by atoms with Gasteiger partial charge in [-0.2, -0.15) is 0 Å². The molecular formula is C3H8BF4O2-. The fraction of sp³-hybridized carbons (Fsp3) is 1.00. The molecule has 7 heteroatoms. The zero-order valence-corrected chi connectivity index (χ0v) is 5.27. The first-order valence-corrected chi connectivity index (χ1v) is 2.50. The average Bonchev–Trinajstić information content (AvgIpc) is 1.61. The SMILES string of the molecule is CCC(O)O.F[B-](F)(F)F. The van der Waals surface area contributed by atoms with Crippen LogP contribution in [0.15, 0.2) is 0 Å². The monoisotopic (exact) mass is 163 g/mol. The van der Waals surface area contributed by atoms with Crippen LogP contribution in [0.3, 0.4) is 0 Å². The summed E-state index contributed by atoms with van der Waals surface area (Å²) < 4.78 is 39.0. The lowest BCUT2D eigenvalue weighted by Gasteiger charge is -1.94. The number of hydrogen-bond donors (Lipinski definition) is 2. The average molecular weight is 163 g/mol. The maximum Gasteiger partial charge on any atom is 0.673 e. The third kappa shape index (κ3) is 119. The van der Waals surface area contributed by atoms with Gasteiger partial charge in [-0.3, -0.25) is 0 Å². The molecule has 2 nitrogen and oxygen atoms in total. The van der Waals surface area contributed by atoms with Crippen LogP contribution in [0.4, 0.5) is 17.3 Å². The summed E-state index contributed by atoms with van der Waals surface area (Å²) in [7, 11) is -6.00. The Morgan fingerprint density at radius 1 is 1.20 bits per heavy atom. The topological polar surface area (TPSA) is 40.5 Å². The predicted octanol–water partition coefficient (Wildman–Crippen LogP) is 1.01. The summed E-state index contributed by atoms with van der Waals surface area (Å²) in [5.74, 6) is 0. The third-order valence-corrected chi connectivity index (χ3v) is 0.365. The van der Waals surface area contributed by atoms with E-state index in [2.05, 4.69) is 0 Å². The Kier molecular flexibility index (Phi) is 6.80. The van der Waals surface area contributed by atoms with Gasteiger partial charge in [-0.25, -0.2) is 0 Å². The maximum absolute atomic E-state index is 9.75. The molecule has 0 aromatic rings. The van der Waals surface area contributed by atoms with E-state index in [0.717, 1.165) is 0 Å². The summed E-state index contributed by atoms with van der Waals surface area (Å²) in [6.07, 6.45) is -0.699. The normalized spacial score (nSPS) is 10.8. The quantitative estimate of drug-likeness (QED) is 0.344. The molecule has 0 radical (unpaired) electrons. The minimum Gasteiger partial charge on any atom is -0.418 e. The summed E-state index contributed by atoms with van der Waals surface area (Å²) in [6.45, 7) is 1.70. The molecule has 0 rings (SSSR count). The summed E-state index contributed by atoms with van der Waals surface area (Å²) in [6, 6.07) is 0. The minimum absolute atomic E-state index is 0.417. The van der Waals surface area contributed by atoms with E-state index in [-0.39, 0.29) is 0 Å². The highest BCUT2D eigenvalue weighted by Crippen LogP contribution is 2.06. The molecule has 0 aliphatic heterocycles. The van der Waals surface area contributed by atoms with E-state index in [1.54, 1.807) is 6.92 Å². The molecule has 0 saturated carbocycles. The van der Waals surface area contributed by atoms with E-state index in [9.17, 15) is 17.3 Å². The molecule has 0 aromatic heterocycles. The van der Waals surface area contributed by atoms with Crippen LogP contribution in [0.25, 0.3) is 0 Å². The molecule has 10 heavy (non-hydrogen) atoms. The molecule has 0 atom stereocenters. The van der Waals surface area contributed by atoms with Crippen LogP contribution in [-0.4, -0.2) is 23.8 Å². The highest BCUT2D eigenvalue weighted by Gasteiger charge is 2.20. The van der Waals surface area contributed by atoms with Gasteiger partial charge < -0.3 is 27.5 Å². The summed E-state index contributed by atoms with van der Waals surface area (Å²) in [5, 5.41) is 15.8. The van der Waals surface area contributed by atoms with Crippen molar-refractivity contribution in [3.8, 4) is 0 Å². The Hall–Kier alpha value is -0.295. The van der Waals surface area contributed by atoms with Crippen LogP contribution < -0.4 is 0 Å². The Morgan fingerprint density at radius 2 is 1.30 bits per heavy atom. The molecule has 0 unspecified atom stereocenters. The molecule has 0 bridgehead atoms. The van der Waals surface area contributed by atoms with E-state index in [1.165, 1.54) is 0 Å². The molecule has 0 fully saturated rings. The van der Waals surface area contributed by atoms with Crippen molar-refractivity contribution in [2.75, 3.05) is 0 Å². The van der Waals surface area contributed by atoms with Gasteiger partial charge >= 0.3 is 7.25 Å². The zero-order valence-electron chi connectivity index (χ0n) is 5.27. The largest absolute Gasteiger partial charge is 0.673 e. The zero-order chi connectivity index (χ0) is 8.78. The minimum atomic E-state index is -6.00. The number of hydrogen-bond acceptors (Lipinski definition) is 2. The van der Waals surface area contributed by atoms with Crippen LogP contribution in [-0.2, 0) is 0 Å². The van der Waals surface area contributed by atoms with Crippen molar-refractivity contribution in [3.05, 3.63) is 0 Å². The second-order valence-electron chi connectivity index (χ2n) is 1.38. The number of rotatable bonds is 1. The van der Waals surface area contributed by atoms with Gasteiger partial charge in [0.15, 0.2) is 6.29 Å². The van der Waals surface area contributed by atoms with Crippen molar-refractivity contribution in [1.82, 2.24) is 0 Å². The maximum atomic E-state index is 9.75. The van der Waals surface area contributed by atoms with E-state index in [0.29, 0.717) is 6.42 Å². The number of halogens is 4. The number of aliphatic hydroxyl groups is 2.